The standard InChI is InChI=1S/C14H12Br2N2/c15-10-4-5-12(16)14(6-10)18-7-9-2-1-3-13(17)11(9)8-18/h1-6H,7-8,17H2. The predicted octanol–water partition coefficient (Wildman–Crippen LogP) is 4.31. The first kappa shape index (κ1) is 12.1. The number of nitrogen functional groups attached to an aromatic ring is 1. The van der Waals surface area contributed by atoms with Gasteiger partial charge in [0.1, 0.15) is 0 Å². The number of halogens is 2. The van der Waals surface area contributed by atoms with Crippen molar-refractivity contribution in [1.82, 2.24) is 0 Å². The molecule has 2 N–H and O–H groups in total. The SMILES string of the molecule is Nc1cccc2c1CN(c1cc(Br)ccc1Br)C2. The molecule has 3 rings (SSSR count). The number of nitrogens with zero attached hydrogens (tertiary/aromatic N) is 1. The molecular weight excluding hydrogens is 356 g/mol. The smallest absolute Gasteiger partial charge is 0.0528 e. The summed E-state index contributed by atoms with van der Waals surface area (Å²) >= 11 is 7.13. The lowest BCUT2D eigenvalue weighted by Crippen LogP contribution is -2.15. The van der Waals surface area contributed by atoms with Crippen LogP contribution in [0.2, 0.25) is 0 Å². The molecule has 2 aromatic carbocycles. The molecule has 0 saturated carbocycles. The minimum atomic E-state index is 0.872. The molecule has 0 radical (unpaired) electrons. The lowest BCUT2D eigenvalue weighted by molar-refractivity contribution is 0.877. The van der Waals surface area contributed by atoms with Gasteiger partial charge in [-0.05, 0) is 51.3 Å². The van der Waals surface area contributed by atoms with Gasteiger partial charge in [0.15, 0.2) is 0 Å². The second-order valence-corrected chi connectivity index (χ2v) is 6.21. The molecule has 92 valence electrons. The molecule has 0 atom stereocenters. The fraction of sp³-hybridized carbons (Fsp3) is 0.143. The molecule has 2 aromatic rings. The van der Waals surface area contributed by atoms with Gasteiger partial charge in [-0.15, -0.1) is 0 Å². The van der Waals surface area contributed by atoms with Gasteiger partial charge in [0.25, 0.3) is 0 Å². The second kappa shape index (κ2) is 4.59. The highest BCUT2D eigenvalue weighted by molar-refractivity contribution is 9.11. The van der Waals surface area contributed by atoms with Crippen molar-refractivity contribution in [2.75, 3.05) is 10.6 Å². The van der Waals surface area contributed by atoms with E-state index in [1.54, 1.807) is 0 Å². The van der Waals surface area contributed by atoms with Gasteiger partial charge in [-0.25, -0.2) is 0 Å². The van der Waals surface area contributed by atoms with Gasteiger partial charge >= 0.3 is 0 Å². The van der Waals surface area contributed by atoms with E-state index in [-0.39, 0.29) is 0 Å². The fourth-order valence-electron chi connectivity index (χ4n) is 2.35. The third-order valence-electron chi connectivity index (χ3n) is 3.27. The van der Waals surface area contributed by atoms with Gasteiger partial charge in [-0.2, -0.15) is 0 Å². The largest absolute Gasteiger partial charge is 0.398 e. The van der Waals surface area contributed by atoms with Gasteiger partial charge in [0, 0.05) is 27.7 Å². The normalized spacial score (nSPS) is 13.8. The van der Waals surface area contributed by atoms with E-state index >= 15 is 0 Å². The van der Waals surface area contributed by atoms with Gasteiger partial charge < -0.3 is 10.6 Å². The number of anilines is 2. The summed E-state index contributed by atoms with van der Waals surface area (Å²) in [5.74, 6) is 0. The third-order valence-corrected chi connectivity index (χ3v) is 4.43. The van der Waals surface area contributed by atoms with E-state index in [0.717, 1.165) is 27.7 Å². The van der Waals surface area contributed by atoms with Crippen LogP contribution in [-0.4, -0.2) is 0 Å². The summed E-state index contributed by atoms with van der Waals surface area (Å²) in [6, 6.07) is 12.4. The van der Waals surface area contributed by atoms with Crippen molar-refractivity contribution in [3.63, 3.8) is 0 Å². The highest BCUT2D eigenvalue weighted by atomic mass is 79.9. The first-order valence-corrected chi connectivity index (χ1v) is 7.30. The zero-order valence-electron chi connectivity index (χ0n) is 9.66. The summed E-state index contributed by atoms with van der Waals surface area (Å²) in [5, 5.41) is 0. The maximum atomic E-state index is 6.03. The molecule has 4 heteroatoms. The van der Waals surface area contributed by atoms with Crippen molar-refractivity contribution in [3.05, 3.63) is 56.5 Å². The maximum absolute atomic E-state index is 6.03. The first-order valence-electron chi connectivity index (χ1n) is 5.71. The molecule has 0 spiro atoms. The van der Waals surface area contributed by atoms with E-state index in [1.807, 2.05) is 18.2 Å². The topological polar surface area (TPSA) is 29.3 Å². The van der Waals surface area contributed by atoms with Crippen LogP contribution < -0.4 is 10.6 Å². The Labute approximate surface area is 123 Å². The lowest BCUT2D eigenvalue weighted by atomic mass is 10.1. The van der Waals surface area contributed by atoms with Crippen LogP contribution in [0.15, 0.2) is 45.3 Å². The highest BCUT2D eigenvalue weighted by Gasteiger charge is 2.22. The molecule has 0 amide bonds. The summed E-state index contributed by atoms with van der Waals surface area (Å²) in [6.07, 6.45) is 0. The Balaban J connectivity index is 1.99. The van der Waals surface area contributed by atoms with Crippen LogP contribution in [0.4, 0.5) is 11.4 Å². The van der Waals surface area contributed by atoms with Crippen molar-refractivity contribution in [1.29, 1.82) is 0 Å². The Morgan fingerprint density at radius 1 is 1.06 bits per heavy atom. The Bertz CT molecular complexity index is 611. The van der Waals surface area contributed by atoms with Gasteiger partial charge in [0.05, 0.1) is 5.69 Å². The van der Waals surface area contributed by atoms with Crippen molar-refractivity contribution in [2.45, 2.75) is 13.1 Å². The minimum Gasteiger partial charge on any atom is -0.398 e. The predicted molar refractivity (Wildman–Crippen MR) is 82.6 cm³/mol. The van der Waals surface area contributed by atoms with E-state index in [1.165, 1.54) is 16.8 Å². The van der Waals surface area contributed by atoms with Crippen molar-refractivity contribution >= 4 is 43.2 Å². The van der Waals surface area contributed by atoms with Crippen LogP contribution in [0.25, 0.3) is 0 Å². The van der Waals surface area contributed by atoms with Crippen LogP contribution in [0, 0.1) is 0 Å². The molecule has 0 bridgehead atoms. The zero-order chi connectivity index (χ0) is 12.7. The molecule has 0 aromatic heterocycles. The summed E-state index contributed by atoms with van der Waals surface area (Å²) < 4.78 is 2.20. The van der Waals surface area contributed by atoms with Crippen LogP contribution in [0.1, 0.15) is 11.1 Å². The summed E-state index contributed by atoms with van der Waals surface area (Å²) in [5.41, 5.74) is 10.7. The minimum absolute atomic E-state index is 0.872. The molecule has 0 aliphatic carbocycles. The average Bonchev–Trinajstić information content (AvgIpc) is 2.77. The number of hydrogen-bond donors (Lipinski definition) is 1. The Kier molecular flexibility index (Phi) is 3.08. The average molecular weight is 368 g/mol. The zero-order valence-corrected chi connectivity index (χ0v) is 12.8. The lowest BCUT2D eigenvalue weighted by Gasteiger charge is -2.19. The molecular formula is C14H12Br2N2. The molecule has 0 saturated heterocycles. The van der Waals surface area contributed by atoms with E-state index in [2.05, 4.69) is 55.0 Å². The second-order valence-electron chi connectivity index (χ2n) is 4.44. The molecule has 0 fully saturated rings. The molecule has 1 heterocycles. The van der Waals surface area contributed by atoms with Crippen LogP contribution in [0.5, 0.6) is 0 Å². The number of rotatable bonds is 1. The molecule has 1 aliphatic rings. The summed E-state index contributed by atoms with van der Waals surface area (Å²) in [7, 11) is 0. The van der Waals surface area contributed by atoms with Crippen molar-refractivity contribution in [3.8, 4) is 0 Å². The number of benzene rings is 2. The molecule has 2 nitrogen and oxygen atoms in total. The molecule has 0 unspecified atom stereocenters. The Hall–Kier alpha value is -1.000. The number of fused-ring (bicyclic) bond motifs is 1. The number of nitrogens with two attached hydrogens (primary N) is 1. The summed E-state index contributed by atoms with van der Waals surface area (Å²) in [6.45, 7) is 1.78. The van der Waals surface area contributed by atoms with Crippen LogP contribution in [0.3, 0.4) is 0 Å². The fourth-order valence-corrected chi connectivity index (χ4v) is 3.19. The van der Waals surface area contributed by atoms with E-state index in [0.29, 0.717) is 0 Å². The number of hydrogen-bond acceptors (Lipinski definition) is 2. The Morgan fingerprint density at radius 3 is 2.67 bits per heavy atom. The van der Waals surface area contributed by atoms with Crippen molar-refractivity contribution in [2.24, 2.45) is 0 Å². The molecule has 1 aliphatic heterocycles. The highest BCUT2D eigenvalue weighted by Crippen LogP contribution is 2.36. The maximum Gasteiger partial charge on any atom is 0.0528 e. The van der Waals surface area contributed by atoms with Gasteiger partial charge in [-0.1, -0.05) is 28.1 Å². The molecule has 18 heavy (non-hydrogen) atoms. The van der Waals surface area contributed by atoms with Crippen LogP contribution >= 0.6 is 31.9 Å². The monoisotopic (exact) mass is 366 g/mol. The third kappa shape index (κ3) is 2.04. The van der Waals surface area contributed by atoms with E-state index in [4.69, 9.17) is 5.73 Å². The van der Waals surface area contributed by atoms with E-state index in [9.17, 15) is 0 Å². The Morgan fingerprint density at radius 2 is 1.89 bits per heavy atom. The van der Waals surface area contributed by atoms with Gasteiger partial charge in [-0.3, -0.25) is 0 Å². The first-order chi connectivity index (χ1) is 8.65. The van der Waals surface area contributed by atoms with Crippen LogP contribution in [-0.2, 0) is 13.1 Å². The van der Waals surface area contributed by atoms with Crippen molar-refractivity contribution < 1.29 is 0 Å². The summed E-state index contributed by atoms with van der Waals surface area (Å²) in [4.78, 5) is 2.33. The van der Waals surface area contributed by atoms with Gasteiger partial charge in [0.2, 0.25) is 0 Å². The quantitative estimate of drug-likeness (QED) is 0.760. The van der Waals surface area contributed by atoms with E-state index < -0.39 is 0 Å².